The SMILES string of the molecule is [2H]c1c([2H])c([2H])c2c(oc3c(-c4c5c([2H])c([2H])c([2H])c([2H])c5c(-c5ccc6cc(-c7ccccc7)ccc6c5)c5c([2H])c([2H])c([2H])c([2H])c45)cccc32)c1[2H]. The molecule has 9 aromatic rings. The second kappa shape index (κ2) is 9.44. The molecule has 0 amide bonds. The van der Waals surface area contributed by atoms with Crippen LogP contribution in [0.4, 0.5) is 0 Å². The molecular formula is C42H26O. The Morgan fingerprint density at radius 3 is 1.70 bits per heavy atom. The van der Waals surface area contributed by atoms with Crippen molar-refractivity contribution in [2.45, 2.75) is 0 Å². The van der Waals surface area contributed by atoms with E-state index in [-0.39, 0.29) is 60.8 Å². The van der Waals surface area contributed by atoms with Gasteiger partial charge in [0.15, 0.2) is 0 Å². The summed E-state index contributed by atoms with van der Waals surface area (Å²) in [5.74, 6) is 0. The Morgan fingerprint density at radius 2 is 1.00 bits per heavy atom. The van der Waals surface area contributed by atoms with Crippen LogP contribution < -0.4 is 0 Å². The van der Waals surface area contributed by atoms with Gasteiger partial charge in [-0.2, -0.15) is 0 Å². The lowest BCUT2D eigenvalue weighted by Crippen LogP contribution is -1.91. The number of fused-ring (bicyclic) bond motifs is 6. The molecule has 0 aliphatic carbocycles. The third-order valence-corrected chi connectivity index (χ3v) is 8.02. The predicted molar refractivity (Wildman–Crippen MR) is 183 cm³/mol. The first-order valence-electron chi connectivity index (χ1n) is 19.8. The molecule has 1 aromatic heterocycles. The molecule has 0 radical (unpaired) electrons. The Bertz CT molecular complexity index is 3090. The molecule has 0 saturated carbocycles. The van der Waals surface area contributed by atoms with Crippen molar-refractivity contribution in [2.75, 3.05) is 0 Å². The average molecular weight is 559 g/mol. The molecule has 0 atom stereocenters. The molecule has 0 fully saturated rings. The monoisotopic (exact) mass is 558 g/mol. The summed E-state index contributed by atoms with van der Waals surface area (Å²) in [5, 5.41) is 2.17. The molecule has 1 nitrogen and oxygen atoms in total. The maximum absolute atomic E-state index is 9.32. The maximum atomic E-state index is 9.32. The molecular weight excluding hydrogens is 520 g/mol. The van der Waals surface area contributed by atoms with Crippen LogP contribution in [0.15, 0.2) is 162 Å². The van der Waals surface area contributed by atoms with E-state index in [1.165, 1.54) is 0 Å². The van der Waals surface area contributed by atoms with Gasteiger partial charge in [-0.1, -0.05) is 139 Å². The van der Waals surface area contributed by atoms with E-state index in [0.29, 0.717) is 10.9 Å². The topological polar surface area (TPSA) is 13.1 Å². The summed E-state index contributed by atoms with van der Waals surface area (Å²) < 4.78 is 112. The van der Waals surface area contributed by atoms with E-state index in [1.807, 2.05) is 60.7 Å². The number of hydrogen-bond donors (Lipinski definition) is 0. The van der Waals surface area contributed by atoms with Gasteiger partial charge >= 0.3 is 0 Å². The molecule has 1 heteroatoms. The minimum atomic E-state index is -0.548. The Morgan fingerprint density at radius 1 is 0.419 bits per heavy atom. The number of hydrogen-bond acceptors (Lipinski definition) is 1. The van der Waals surface area contributed by atoms with Crippen LogP contribution in [-0.2, 0) is 0 Å². The molecule has 0 N–H and O–H groups in total. The highest BCUT2D eigenvalue weighted by Gasteiger charge is 2.20. The minimum Gasteiger partial charge on any atom is -0.455 e. The van der Waals surface area contributed by atoms with Crippen LogP contribution in [0.1, 0.15) is 16.4 Å². The van der Waals surface area contributed by atoms with Crippen LogP contribution in [0.2, 0.25) is 0 Å². The zero-order valence-corrected chi connectivity index (χ0v) is 22.5. The standard InChI is InChI=1S/C42H26O/c1-2-11-27(12-3-1)28-21-22-30-26-31(24-23-29(30)25-28)40-33-14-4-6-16-35(33)41(36-17-7-5-15-34(36)40)38-19-10-18-37-32-13-8-9-20-39(32)43-42(37)38/h1-26H/i4D,5D,6D,7D,8D,9D,13D,14D,15D,16D,17D,20D. The van der Waals surface area contributed by atoms with Crippen molar-refractivity contribution in [1.82, 2.24) is 0 Å². The van der Waals surface area contributed by atoms with Gasteiger partial charge in [-0.25, -0.2) is 0 Å². The Kier molecular flexibility index (Phi) is 3.29. The van der Waals surface area contributed by atoms with E-state index in [4.69, 9.17) is 15.4 Å². The fourth-order valence-corrected chi connectivity index (χ4v) is 6.10. The quantitative estimate of drug-likeness (QED) is 0.197. The van der Waals surface area contributed by atoms with E-state index in [9.17, 15) is 5.48 Å². The van der Waals surface area contributed by atoms with E-state index in [1.54, 1.807) is 24.3 Å². The first kappa shape index (κ1) is 15.0. The molecule has 8 aromatic carbocycles. The first-order chi connectivity index (χ1) is 26.3. The van der Waals surface area contributed by atoms with E-state index >= 15 is 0 Å². The minimum absolute atomic E-state index is 0.00874. The molecule has 0 spiro atoms. The van der Waals surface area contributed by atoms with Crippen molar-refractivity contribution in [1.29, 1.82) is 0 Å². The molecule has 43 heavy (non-hydrogen) atoms. The number of furan rings is 1. The summed E-state index contributed by atoms with van der Waals surface area (Å²) in [4.78, 5) is 0. The summed E-state index contributed by atoms with van der Waals surface area (Å²) in [5.41, 5.74) is 2.91. The van der Waals surface area contributed by atoms with Gasteiger partial charge in [-0.15, -0.1) is 0 Å². The average Bonchev–Trinajstić information content (AvgIpc) is 3.61. The van der Waals surface area contributed by atoms with Crippen LogP contribution in [0.5, 0.6) is 0 Å². The van der Waals surface area contributed by atoms with E-state index in [2.05, 4.69) is 0 Å². The van der Waals surface area contributed by atoms with Gasteiger partial charge in [0, 0.05) is 21.9 Å². The third-order valence-electron chi connectivity index (χ3n) is 8.02. The van der Waals surface area contributed by atoms with Gasteiger partial charge in [0.2, 0.25) is 0 Å². The maximum Gasteiger partial charge on any atom is 0.143 e. The zero-order chi connectivity index (χ0) is 38.8. The Balaban J connectivity index is 1.48. The molecule has 0 saturated heterocycles. The van der Waals surface area contributed by atoms with Crippen LogP contribution in [0.3, 0.4) is 0 Å². The summed E-state index contributed by atoms with van der Waals surface area (Å²) in [6.45, 7) is 0. The lowest BCUT2D eigenvalue weighted by Gasteiger charge is -2.18. The van der Waals surface area contributed by atoms with Gasteiger partial charge in [0.25, 0.3) is 0 Å². The van der Waals surface area contributed by atoms with Crippen molar-refractivity contribution in [3.05, 3.63) is 157 Å². The smallest absolute Gasteiger partial charge is 0.143 e. The van der Waals surface area contributed by atoms with Crippen LogP contribution >= 0.6 is 0 Å². The number of rotatable bonds is 3. The van der Waals surface area contributed by atoms with Crippen molar-refractivity contribution < 1.29 is 20.9 Å². The lowest BCUT2D eigenvalue weighted by atomic mass is 9.85. The molecule has 0 aliphatic rings. The highest BCUT2D eigenvalue weighted by atomic mass is 16.3. The summed E-state index contributed by atoms with van der Waals surface area (Å²) in [7, 11) is 0. The highest BCUT2D eigenvalue weighted by Crippen LogP contribution is 2.46. The van der Waals surface area contributed by atoms with Gasteiger partial charge in [-0.3, -0.25) is 0 Å². The highest BCUT2D eigenvalue weighted by molar-refractivity contribution is 6.24. The normalized spacial score (nSPS) is 15.6. The van der Waals surface area contributed by atoms with Gasteiger partial charge in [0.05, 0.1) is 16.4 Å². The first-order valence-corrected chi connectivity index (χ1v) is 13.8. The molecule has 1 heterocycles. The fourth-order valence-electron chi connectivity index (χ4n) is 6.10. The van der Waals surface area contributed by atoms with Crippen LogP contribution in [-0.4, -0.2) is 0 Å². The Labute approximate surface area is 266 Å². The van der Waals surface area contributed by atoms with Crippen molar-refractivity contribution in [2.24, 2.45) is 0 Å². The van der Waals surface area contributed by atoms with Crippen molar-refractivity contribution >= 4 is 54.3 Å². The third kappa shape index (κ3) is 3.72. The second-order valence-electron chi connectivity index (χ2n) is 10.4. The van der Waals surface area contributed by atoms with Gasteiger partial charge in [-0.05, 0) is 72.7 Å². The summed E-state index contributed by atoms with van der Waals surface area (Å²) in [6, 6.07) is 20.7. The number of para-hydroxylation sites is 2. The van der Waals surface area contributed by atoms with Crippen molar-refractivity contribution in [3.8, 4) is 33.4 Å². The lowest BCUT2D eigenvalue weighted by molar-refractivity contribution is 0.670. The van der Waals surface area contributed by atoms with Gasteiger partial charge < -0.3 is 4.42 Å². The van der Waals surface area contributed by atoms with Gasteiger partial charge in [0.1, 0.15) is 11.2 Å². The predicted octanol–water partition coefficient (Wildman–Crippen LogP) is 12.0. The molecule has 200 valence electrons. The largest absolute Gasteiger partial charge is 0.455 e. The van der Waals surface area contributed by atoms with Crippen LogP contribution in [0, 0.1) is 0 Å². The second-order valence-corrected chi connectivity index (χ2v) is 10.4. The Hall–Kier alpha value is -5.66. The summed E-state index contributed by atoms with van der Waals surface area (Å²) in [6.07, 6.45) is 0. The summed E-state index contributed by atoms with van der Waals surface area (Å²) >= 11 is 0. The zero-order valence-electron chi connectivity index (χ0n) is 34.5. The molecule has 0 unspecified atom stereocenters. The van der Waals surface area contributed by atoms with Crippen molar-refractivity contribution in [3.63, 3.8) is 0 Å². The van der Waals surface area contributed by atoms with Crippen LogP contribution in [0.25, 0.3) is 87.6 Å². The number of benzene rings is 8. The van der Waals surface area contributed by atoms with E-state index in [0.717, 1.165) is 21.9 Å². The fraction of sp³-hybridized carbons (Fsp3) is 0. The van der Waals surface area contributed by atoms with E-state index < -0.39 is 66.5 Å². The molecule has 0 bridgehead atoms. The molecule has 9 rings (SSSR count). The molecule has 0 aliphatic heterocycles.